The van der Waals surface area contributed by atoms with E-state index in [-0.39, 0.29) is 19.4 Å². The molecule has 0 fully saturated rings. The van der Waals surface area contributed by atoms with Gasteiger partial charge >= 0.3 is 0 Å². The van der Waals surface area contributed by atoms with Gasteiger partial charge in [0.1, 0.15) is 19.4 Å². The first-order valence-corrected chi connectivity index (χ1v) is 6.82. The normalized spacial score (nSPS) is 12.4. The van der Waals surface area contributed by atoms with Crippen LogP contribution in [0.5, 0.6) is 0 Å². The highest BCUT2D eigenvalue weighted by Crippen LogP contribution is 2.16. The Kier molecular flexibility index (Phi) is 8.17. The van der Waals surface area contributed by atoms with Gasteiger partial charge in [0.05, 0.1) is 5.76 Å². The molecule has 0 aromatic heterocycles. The molecule has 2 nitrogen and oxygen atoms in total. The molecule has 0 aliphatic heterocycles. The molecule has 1 atom stereocenters. The zero-order valence-electron chi connectivity index (χ0n) is 11.8. The molecule has 0 aliphatic rings. The molecule has 1 unspecified atom stereocenters. The minimum absolute atomic E-state index is 0.121. The Morgan fingerprint density at radius 2 is 2.10 bits per heavy atom. The van der Waals surface area contributed by atoms with Gasteiger partial charge in [0.25, 0.3) is 0 Å². The Labute approximate surface area is 120 Å². The van der Waals surface area contributed by atoms with Crippen molar-refractivity contribution in [1.82, 2.24) is 0 Å². The molecule has 0 radical (unpaired) electrons. The molecule has 1 rings (SSSR count). The van der Waals surface area contributed by atoms with Crippen LogP contribution in [0.25, 0.3) is 0 Å². The Hall–Kier alpha value is -1.79. The van der Waals surface area contributed by atoms with Crippen molar-refractivity contribution < 1.29 is 14.2 Å². The van der Waals surface area contributed by atoms with Crippen LogP contribution in [0.3, 0.4) is 0 Å². The van der Waals surface area contributed by atoms with Gasteiger partial charge in [0.2, 0.25) is 0 Å². The summed E-state index contributed by atoms with van der Waals surface area (Å²) in [5.41, 5.74) is 1.06. The van der Waals surface area contributed by atoms with Crippen molar-refractivity contribution in [3.63, 3.8) is 0 Å². The smallest absolute Gasteiger partial charge is 0.118 e. The topological polar surface area (TPSA) is 29.5 Å². The number of halogens is 1. The summed E-state index contributed by atoms with van der Waals surface area (Å²) in [5, 5.41) is 8.52. The highest BCUT2D eigenvalue weighted by Gasteiger charge is 2.09. The number of hydrogen-bond acceptors (Lipinski definition) is 2. The molecular formula is C17H21FO2. The van der Waals surface area contributed by atoms with Gasteiger partial charge in [-0.25, -0.2) is 4.39 Å². The van der Waals surface area contributed by atoms with E-state index in [9.17, 15) is 4.39 Å². The number of allylic oxidation sites excluding steroid dienone is 2. The maximum Gasteiger partial charge on any atom is 0.118 e. The van der Waals surface area contributed by atoms with Crippen molar-refractivity contribution in [3.8, 4) is 11.8 Å². The average molecular weight is 276 g/mol. The number of rotatable bonds is 7. The van der Waals surface area contributed by atoms with Gasteiger partial charge in [0, 0.05) is 12.8 Å². The van der Waals surface area contributed by atoms with Crippen LogP contribution in [-0.4, -0.2) is 17.9 Å². The van der Waals surface area contributed by atoms with Gasteiger partial charge in [-0.3, -0.25) is 0 Å². The van der Waals surface area contributed by atoms with Crippen molar-refractivity contribution in [3.05, 3.63) is 47.7 Å². The third-order valence-electron chi connectivity index (χ3n) is 2.65. The quantitative estimate of drug-likeness (QED) is 0.609. The lowest BCUT2D eigenvalue weighted by Crippen LogP contribution is -2.04. The predicted molar refractivity (Wildman–Crippen MR) is 78.6 cm³/mol. The van der Waals surface area contributed by atoms with E-state index >= 15 is 0 Å². The molecule has 1 aromatic rings. The third-order valence-corrected chi connectivity index (χ3v) is 2.65. The lowest BCUT2D eigenvalue weighted by molar-refractivity contribution is 0.168. The first-order valence-electron chi connectivity index (χ1n) is 6.82. The highest BCUT2D eigenvalue weighted by atomic mass is 19.1. The lowest BCUT2D eigenvalue weighted by atomic mass is 10.1. The van der Waals surface area contributed by atoms with Crippen LogP contribution in [0.15, 0.2) is 42.2 Å². The van der Waals surface area contributed by atoms with Crippen LogP contribution in [0.1, 0.15) is 31.7 Å². The first kappa shape index (κ1) is 16.3. The zero-order valence-corrected chi connectivity index (χ0v) is 11.8. The monoisotopic (exact) mass is 276 g/mol. The summed E-state index contributed by atoms with van der Waals surface area (Å²) in [6, 6.07) is 9.80. The van der Waals surface area contributed by atoms with Crippen LogP contribution >= 0.6 is 0 Å². The second-order valence-corrected chi connectivity index (χ2v) is 4.37. The summed E-state index contributed by atoms with van der Waals surface area (Å²) in [4.78, 5) is 0. The second kappa shape index (κ2) is 10.1. The van der Waals surface area contributed by atoms with Crippen molar-refractivity contribution in [2.45, 2.75) is 39.0 Å². The Morgan fingerprint density at radius 3 is 2.75 bits per heavy atom. The van der Waals surface area contributed by atoms with E-state index in [0.29, 0.717) is 12.4 Å². The average Bonchev–Trinajstić information content (AvgIpc) is 2.46. The van der Waals surface area contributed by atoms with Crippen molar-refractivity contribution >= 4 is 0 Å². The van der Waals surface area contributed by atoms with E-state index in [1.807, 2.05) is 43.3 Å². The SMILES string of the molecule is CC/C=C(\CC(F)CC#CCO)OCc1ccccc1. The number of benzene rings is 1. The summed E-state index contributed by atoms with van der Waals surface area (Å²) in [6.07, 6.45) is 1.98. The molecule has 0 saturated carbocycles. The summed E-state index contributed by atoms with van der Waals surface area (Å²) in [6.45, 7) is 2.21. The molecule has 0 spiro atoms. The molecule has 0 heterocycles. The fourth-order valence-electron chi connectivity index (χ4n) is 1.71. The molecule has 108 valence electrons. The predicted octanol–water partition coefficient (Wildman–Crippen LogP) is 3.61. The minimum Gasteiger partial charge on any atom is -0.493 e. The van der Waals surface area contributed by atoms with Crippen molar-refractivity contribution in [1.29, 1.82) is 0 Å². The third kappa shape index (κ3) is 6.96. The summed E-state index contributed by atoms with van der Waals surface area (Å²) in [7, 11) is 0. The van der Waals surface area contributed by atoms with Crippen LogP contribution in [0.2, 0.25) is 0 Å². The van der Waals surface area contributed by atoms with Crippen LogP contribution < -0.4 is 0 Å². The number of ether oxygens (including phenoxy) is 1. The van der Waals surface area contributed by atoms with Gasteiger partial charge in [0.15, 0.2) is 0 Å². The first-order chi connectivity index (χ1) is 9.76. The molecule has 0 amide bonds. The number of alkyl halides is 1. The standard InChI is InChI=1S/C17H21FO2/c1-2-8-17(13-16(18)11-6-7-12-19)20-14-15-9-4-3-5-10-15/h3-5,8-10,16,19H,2,11-14H2,1H3/b17-8+. The number of aliphatic hydroxyl groups excluding tert-OH is 1. The largest absolute Gasteiger partial charge is 0.493 e. The molecule has 1 N–H and O–H groups in total. The van der Waals surface area contributed by atoms with Crippen LogP contribution in [0.4, 0.5) is 4.39 Å². The lowest BCUT2D eigenvalue weighted by Gasteiger charge is -2.12. The molecule has 0 saturated heterocycles. The number of aliphatic hydroxyl groups is 1. The second-order valence-electron chi connectivity index (χ2n) is 4.37. The Bertz CT molecular complexity index is 457. The summed E-state index contributed by atoms with van der Waals surface area (Å²) < 4.78 is 19.4. The molecular weight excluding hydrogens is 255 g/mol. The molecule has 3 heteroatoms. The van der Waals surface area contributed by atoms with Crippen molar-refractivity contribution in [2.24, 2.45) is 0 Å². The Balaban J connectivity index is 2.46. The van der Waals surface area contributed by atoms with Gasteiger partial charge in [-0.05, 0) is 18.1 Å². The molecule has 20 heavy (non-hydrogen) atoms. The Morgan fingerprint density at radius 1 is 1.35 bits per heavy atom. The van der Waals surface area contributed by atoms with E-state index in [0.717, 1.165) is 12.0 Å². The van der Waals surface area contributed by atoms with Crippen molar-refractivity contribution in [2.75, 3.05) is 6.61 Å². The fourth-order valence-corrected chi connectivity index (χ4v) is 1.71. The molecule has 0 aliphatic carbocycles. The maximum absolute atomic E-state index is 13.7. The van der Waals surface area contributed by atoms with E-state index in [1.165, 1.54) is 0 Å². The van der Waals surface area contributed by atoms with Gasteiger partial charge in [-0.1, -0.05) is 49.1 Å². The maximum atomic E-state index is 13.7. The van der Waals surface area contributed by atoms with Crippen LogP contribution in [-0.2, 0) is 11.3 Å². The molecule has 1 aromatic carbocycles. The van der Waals surface area contributed by atoms with E-state index in [4.69, 9.17) is 9.84 Å². The van der Waals surface area contributed by atoms with Gasteiger partial charge < -0.3 is 9.84 Å². The van der Waals surface area contributed by atoms with Crippen LogP contribution in [0, 0.1) is 11.8 Å². The van der Waals surface area contributed by atoms with Gasteiger partial charge in [-0.15, -0.1) is 0 Å². The number of hydrogen-bond donors (Lipinski definition) is 1. The summed E-state index contributed by atoms with van der Waals surface area (Å²) >= 11 is 0. The highest BCUT2D eigenvalue weighted by molar-refractivity contribution is 5.14. The van der Waals surface area contributed by atoms with E-state index in [2.05, 4.69) is 11.8 Å². The molecule has 0 bridgehead atoms. The minimum atomic E-state index is -1.07. The van der Waals surface area contributed by atoms with Gasteiger partial charge in [-0.2, -0.15) is 0 Å². The summed E-state index contributed by atoms with van der Waals surface area (Å²) in [5.74, 6) is 5.71. The van der Waals surface area contributed by atoms with E-state index < -0.39 is 6.17 Å². The zero-order chi connectivity index (χ0) is 14.6. The fraction of sp³-hybridized carbons (Fsp3) is 0.412. The van der Waals surface area contributed by atoms with E-state index in [1.54, 1.807) is 0 Å².